The van der Waals surface area contributed by atoms with Crippen LogP contribution in [0.2, 0.25) is 0 Å². The molecule has 0 spiro atoms. The molecule has 2 aromatic rings. The van der Waals surface area contributed by atoms with E-state index in [4.69, 9.17) is 0 Å². The largest absolute Gasteiger partial charge is 0.354 e. The lowest BCUT2D eigenvalue weighted by molar-refractivity contribution is -0.126. The van der Waals surface area contributed by atoms with E-state index in [0.29, 0.717) is 18.1 Å². The van der Waals surface area contributed by atoms with Crippen LogP contribution in [0.1, 0.15) is 30.0 Å². The lowest BCUT2D eigenvalue weighted by Gasteiger charge is -2.27. The van der Waals surface area contributed by atoms with Crippen molar-refractivity contribution in [2.24, 2.45) is 0 Å². The van der Waals surface area contributed by atoms with Crippen LogP contribution in [0.5, 0.6) is 0 Å². The van der Waals surface area contributed by atoms with Crippen LogP contribution in [0.3, 0.4) is 0 Å². The van der Waals surface area contributed by atoms with Crippen LogP contribution in [0.4, 0.5) is 0 Å². The molecule has 0 aromatic heterocycles. The number of carbonyl (C=O) groups is 1. The molecule has 144 valence electrons. The summed E-state index contributed by atoms with van der Waals surface area (Å²) in [5.74, 6) is 0.982. The number of hydrogen-bond acceptors (Lipinski definition) is 3. The van der Waals surface area contributed by atoms with E-state index < -0.39 is 10.8 Å². The van der Waals surface area contributed by atoms with Gasteiger partial charge in [0, 0.05) is 33.3 Å². The number of amides is 1. The second-order valence-corrected chi connectivity index (χ2v) is 9.26. The Morgan fingerprint density at radius 3 is 2.56 bits per heavy atom. The maximum Gasteiger partial charge on any atom is 0.241 e. The first-order valence-corrected chi connectivity index (χ1v) is 11.6. The van der Waals surface area contributed by atoms with Crippen molar-refractivity contribution in [2.45, 2.75) is 24.6 Å². The monoisotopic (exact) mass is 448 g/mol. The number of nitrogens with zero attached hydrogens (tertiary/aromatic N) is 1. The summed E-state index contributed by atoms with van der Waals surface area (Å²) in [7, 11) is -0.987. The zero-order valence-corrected chi connectivity index (χ0v) is 17.7. The molecule has 1 heterocycles. The van der Waals surface area contributed by atoms with Crippen molar-refractivity contribution in [3.63, 3.8) is 0 Å². The van der Waals surface area contributed by atoms with Crippen LogP contribution < -0.4 is 5.32 Å². The summed E-state index contributed by atoms with van der Waals surface area (Å²) < 4.78 is 13.3. The van der Waals surface area contributed by atoms with Crippen molar-refractivity contribution in [1.82, 2.24) is 10.2 Å². The van der Waals surface area contributed by atoms with Gasteiger partial charge in [0.05, 0.1) is 0 Å². The number of benzene rings is 2. The predicted octanol–water partition coefficient (Wildman–Crippen LogP) is 3.65. The van der Waals surface area contributed by atoms with Crippen molar-refractivity contribution in [1.29, 1.82) is 0 Å². The van der Waals surface area contributed by atoms with Gasteiger partial charge in [0.2, 0.25) is 5.91 Å². The van der Waals surface area contributed by atoms with Gasteiger partial charge in [-0.3, -0.25) is 13.9 Å². The Labute approximate surface area is 171 Å². The average Bonchev–Trinajstić information content (AvgIpc) is 3.17. The van der Waals surface area contributed by atoms with Crippen molar-refractivity contribution >= 4 is 32.6 Å². The molecule has 0 radical (unpaired) electrons. The Balaban J connectivity index is 1.57. The first kappa shape index (κ1) is 20.2. The fourth-order valence-electron chi connectivity index (χ4n) is 3.42. The minimum absolute atomic E-state index is 0.00767. The summed E-state index contributed by atoms with van der Waals surface area (Å²) >= 11 is 3.50. The lowest BCUT2D eigenvalue weighted by Crippen LogP contribution is -2.40. The highest BCUT2D eigenvalue weighted by atomic mass is 79.9. The molecule has 1 fully saturated rings. The van der Waals surface area contributed by atoms with Gasteiger partial charge >= 0.3 is 0 Å². The Morgan fingerprint density at radius 1 is 1.11 bits per heavy atom. The Hall–Kier alpha value is -1.50. The highest BCUT2D eigenvalue weighted by molar-refractivity contribution is 9.10. The van der Waals surface area contributed by atoms with Crippen LogP contribution in [0, 0.1) is 0 Å². The van der Waals surface area contributed by atoms with Crippen molar-refractivity contribution in [3.05, 3.63) is 70.2 Å². The van der Waals surface area contributed by atoms with Gasteiger partial charge in [0.25, 0.3) is 0 Å². The van der Waals surface area contributed by atoms with Gasteiger partial charge in [-0.1, -0.05) is 58.4 Å². The third-order valence-corrected chi connectivity index (χ3v) is 6.53. The smallest absolute Gasteiger partial charge is 0.241 e. The number of nitrogens with one attached hydrogen (secondary N) is 1. The van der Waals surface area contributed by atoms with Gasteiger partial charge in [0.15, 0.2) is 0 Å². The number of likely N-dealkylation sites (tertiary alicyclic amines) is 1. The van der Waals surface area contributed by atoms with Crippen LogP contribution in [-0.4, -0.2) is 40.4 Å². The van der Waals surface area contributed by atoms with Gasteiger partial charge in [-0.2, -0.15) is 0 Å². The predicted molar refractivity (Wildman–Crippen MR) is 114 cm³/mol. The van der Waals surface area contributed by atoms with Gasteiger partial charge in [-0.05, 0) is 49.2 Å². The Kier molecular flexibility index (Phi) is 7.61. The van der Waals surface area contributed by atoms with Crippen molar-refractivity contribution in [2.75, 3.05) is 25.4 Å². The zero-order chi connectivity index (χ0) is 19.1. The molecule has 2 atom stereocenters. The molecule has 0 aliphatic carbocycles. The molecule has 6 heteroatoms. The molecule has 1 N–H and O–H groups in total. The topological polar surface area (TPSA) is 49.4 Å². The normalized spacial score (nSPS) is 16.8. The maximum atomic E-state index is 12.9. The molecule has 4 nitrogen and oxygen atoms in total. The standard InChI is InChI=1S/C21H25BrN2O2S/c22-19-10-6-9-18(15-19)20(24-12-4-5-13-24)21(25)23-11-14-27(26)16-17-7-2-1-3-8-17/h1-3,6-10,15,20H,4-5,11-14,16H2,(H,23,25)/t20-,27+/m0/s1. The molecule has 1 aliphatic rings. The maximum absolute atomic E-state index is 12.9. The van der Waals surface area contributed by atoms with Crippen LogP contribution in [-0.2, 0) is 21.3 Å². The van der Waals surface area contributed by atoms with Gasteiger partial charge in [0.1, 0.15) is 6.04 Å². The minimum Gasteiger partial charge on any atom is -0.354 e. The zero-order valence-electron chi connectivity index (χ0n) is 15.3. The Morgan fingerprint density at radius 2 is 1.85 bits per heavy atom. The molecular formula is C21H25BrN2O2S. The summed E-state index contributed by atoms with van der Waals surface area (Å²) in [4.78, 5) is 15.1. The summed E-state index contributed by atoms with van der Waals surface area (Å²) in [6.45, 7) is 2.30. The van der Waals surface area contributed by atoms with Crippen LogP contribution in [0.15, 0.2) is 59.1 Å². The second kappa shape index (κ2) is 10.2. The minimum atomic E-state index is -0.987. The van der Waals surface area contributed by atoms with E-state index in [1.54, 1.807) is 0 Å². The van der Waals surface area contributed by atoms with Crippen molar-refractivity contribution in [3.8, 4) is 0 Å². The first-order chi connectivity index (χ1) is 13.1. The molecule has 2 aromatic carbocycles. The summed E-state index contributed by atoms with van der Waals surface area (Å²) in [5.41, 5.74) is 2.06. The summed E-state index contributed by atoms with van der Waals surface area (Å²) in [6, 6.07) is 17.5. The Bertz CT molecular complexity index is 779. The van der Waals surface area contributed by atoms with Crippen LogP contribution >= 0.6 is 15.9 Å². The van der Waals surface area contributed by atoms with Gasteiger partial charge < -0.3 is 5.32 Å². The summed E-state index contributed by atoms with van der Waals surface area (Å²) in [6.07, 6.45) is 2.25. The molecule has 1 saturated heterocycles. The molecule has 0 unspecified atom stereocenters. The van der Waals surface area contributed by atoms with Gasteiger partial charge in [-0.15, -0.1) is 0 Å². The van der Waals surface area contributed by atoms with E-state index in [2.05, 4.69) is 26.1 Å². The molecule has 3 rings (SSSR count). The quantitative estimate of drug-likeness (QED) is 0.670. The third kappa shape index (κ3) is 5.99. The number of carbonyl (C=O) groups excluding carboxylic acids is 1. The molecule has 0 bridgehead atoms. The first-order valence-electron chi connectivity index (χ1n) is 9.29. The number of halogens is 1. The summed E-state index contributed by atoms with van der Waals surface area (Å²) in [5, 5.41) is 3.01. The fraction of sp³-hybridized carbons (Fsp3) is 0.381. The van der Waals surface area contributed by atoms with E-state index in [1.807, 2.05) is 54.6 Å². The third-order valence-electron chi connectivity index (χ3n) is 4.72. The average molecular weight is 449 g/mol. The highest BCUT2D eigenvalue weighted by Gasteiger charge is 2.29. The molecule has 0 saturated carbocycles. The molecule has 27 heavy (non-hydrogen) atoms. The van der Waals surface area contributed by atoms with Crippen molar-refractivity contribution < 1.29 is 9.00 Å². The lowest BCUT2D eigenvalue weighted by atomic mass is 10.0. The van der Waals surface area contributed by atoms with E-state index in [0.717, 1.165) is 41.5 Å². The van der Waals surface area contributed by atoms with E-state index >= 15 is 0 Å². The van der Waals surface area contributed by atoms with Crippen LogP contribution in [0.25, 0.3) is 0 Å². The SMILES string of the molecule is O=C(NCC[S@@](=O)Cc1ccccc1)[C@H](c1cccc(Br)c1)N1CCCC1. The van der Waals surface area contributed by atoms with E-state index in [-0.39, 0.29) is 11.9 Å². The van der Waals surface area contributed by atoms with E-state index in [9.17, 15) is 9.00 Å². The molecular weight excluding hydrogens is 424 g/mol. The molecule has 1 amide bonds. The second-order valence-electron chi connectivity index (χ2n) is 6.77. The van der Waals surface area contributed by atoms with E-state index in [1.165, 1.54) is 0 Å². The fourth-order valence-corrected chi connectivity index (χ4v) is 4.88. The molecule has 1 aliphatic heterocycles. The number of hydrogen-bond donors (Lipinski definition) is 1. The highest BCUT2D eigenvalue weighted by Crippen LogP contribution is 2.27. The number of rotatable bonds is 8. The van der Waals surface area contributed by atoms with Gasteiger partial charge in [-0.25, -0.2) is 0 Å².